The number of aromatic hydroxyl groups is 1. The van der Waals surface area contributed by atoms with Crippen molar-refractivity contribution in [2.75, 3.05) is 25.0 Å². The molecule has 0 saturated carbocycles. The first kappa shape index (κ1) is 17.8. The molecule has 1 aliphatic rings. The van der Waals surface area contributed by atoms with Crippen molar-refractivity contribution in [1.82, 2.24) is 9.88 Å². The molecule has 2 aromatic carbocycles. The van der Waals surface area contributed by atoms with E-state index in [0.717, 1.165) is 35.6 Å². The van der Waals surface area contributed by atoms with E-state index >= 15 is 0 Å². The van der Waals surface area contributed by atoms with E-state index in [1.165, 1.54) is 4.70 Å². The van der Waals surface area contributed by atoms with Crippen molar-refractivity contribution in [2.45, 2.75) is 19.4 Å². The molecule has 1 aliphatic heterocycles. The number of fused-ring (bicyclic) bond motifs is 1. The van der Waals surface area contributed by atoms with E-state index in [2.05, 4.69) is 11.0 Å². The quantitative estimate of drug-likeness (QED) is 0.745. The van der Waals surface area contributed by atoms with Gasteiger partial charge in [0.15, 0.2) is 5.13 Å². The minimum atomic E-state index is -0.0402. The van der Waals surface area contributed by atoms with Crippen LogP contribution in [0.2, 0.25) is 0 Å². The molecule has 1 saturated heterocycles. The normalized spacial score (nSPS) is 17.2. The number of rotatable bonds is 4. The number of amides is 1. The monoisotopic (exact) mass is 381 g/mol. The smallest absolute Gasteiger partial charge is 0.227 e. The molecule has 0 bridgehead atoms. The molecule has 3 aromatic rings. The van der Waals surface area contributed by atoms with Gasteiger partial charge in [0, 0.05) is 32.2 Å². The maximum absolute atomic E-state index is 13.0. The van der Waals surface area contributed by atoms with Crippen LogP contribution in [0.15, 0.2) is 48.5 Å². The van der Waals surface area contributed by atoms with Crippen LogP contribution >= 0.6 is 11.3 Å². The molecule has 1 aromatic heterocycles. The fourth-order valence-electron chi connectivity index (χ4n) is 3.64. The molecule has 0 aliphatic carbocycles. The predicted octanol–water partition coefficient (Wildman–Crippen LogP) is 3.88. The molecular weight excluding hydrogens is 358 g/mol. The fourth-order valence-corrected chi connectivity index (χ4v) is 4.64. The second kappa shape index (κ2) is 7.56. The molecular formula is C21H23N3O2S. The number of phenols is 1. The predicted molar refractivity (Wildman–Crippen MR) is 109 cm³/mol. The standard InChI is InChI=1S/C21H23N3O2S/c1-23(13-15-7-2-4-10-18(15)25)20(26)16-8-6-12-24(14-16)21-22-17-9-3-5-11-19(17)27-21/h2-5,7,9-11,16,25H,6,8,12-14H2,1H3/t16-/m0/s1. The largest absolute Gasteiger partial charge is 0.508 e. The molecule has 0 radical (unpaired) electrons. The summed E-state index contributed by atoms with van der Waals surface area (Å²) < 4.78 is 1.18. The van der Waals surface area contributed by atoms with Crippen LogP contribution in [0.1, 0.15) is 18.4 Å². The van der Waals surface area contributed by atoms with Gasteiger partial charge in [0.25, 0.3) is 0 Å². The van der Waals surface area contributed by atoms with Crippen molar-refractivity contribution in [3.05, 3.63) is 54.1 Å². The highest BCUT2D eigenvalue weighted by Gasteiger charge is 2.29. The van der Waals surface area contributed by atoms with Gasteiger partial charge in [-0.2, -0.15) is 0 Å². The number of carbonyl (C=O) groups excluding carboxylic acids is 1. The second-order valence-electron chi connectivity index (χ2n) is 7.07. The molecule has 5 nitrogen and oxygen atoms in total. The summed E-state index contributed by atoms with van der Waals surface area (Å²) in [6.45, 7) is 2.06. The minimum absolute atomic E-state index is 0.0402. The molecule has 140 valence electrons. The van der Waals surface area contributed by atoms with Crippen LogP contribution in [-0.4, -0.2) is 41.0 Å². The van der Waals surface area contributed by atoms with Crippen molar-refractivity contribution >= 4 is 32.6 Å². The van der Waals surface area contributed by atoms with Crippen molar-refractivity contribution in [3.8, 4) is 5.75 Å². The number of anilines is 1. The van der Waals surface area contributed by atoms with E-state index in [-0.39, 0.29) is 17.6 Å². The van der Waals surface area contributed by atoms with Gasteiger partial charge in [-0.3, -0.25) is 4.79 Å². The van der Waals surface area contributed by atoms with Gasteiger partial charge in [0.05, 0.1) is 16.1 Å². The van der Waals surface area contributed by atoms with Crippen molar-refractivity contribution < 1.29 is 9.90 Å². The van der Waals surface area contributed by atoms with E-state index in [9.17, 15) is 9.90 Å². The zero-order valence-corrected chi connectivity index (χ0v) is 16.2. The van der Waals surface area contributed by atoms with Crippen LogP contribution in [0.4, 0.5) is 5.13 Å². The Labute approximate surface area is 162 Å². The third kappa shape index (κ3) is 3.76. The van der Waals surface area contributed by atoms with Crippen molar-refractivity contribution in [2.24, 2.45) is 5.92 Å². The maximum Gasteiger partial charge on any atom is 0.227 e. The van der Waals surface area contributed by atoms with Crippen molar-refractivity contribution in [3.63, 3.8) is 0 Å². The molecule has 1 fully saturated rings. The SMILES string of the molecule is CN(Cc1ccccc1O)C(=O)[C@H]1CCCN(c2nc3ccccc3s2)C1. The molecule has 1 amide bonds. The summed E-state index contributed by atoms with van der Waals surface area (Å²) in [7, 11) is 1.81. The number of carbonyl (C=O) groups is 1. The van der Waals surface area contributed by atoms with E-state index in [1.54, 1.807) is 28.4 Å². The zero-order valence-electron chi connectivity index (χ0n) is 15.3. The van der Waals surface area contributed by atoms with Crippen molar-refractivity contribution in [1.29, 1.82) is 0 Å². The van der Waals surface area contributed by atoms with Crippen LogP contribution in [0, 0.1) is 5.92 Å². The molecule has 1 N–H and O–H groups in total. The van der Waals surface area contributed by atoms with E-state index in [1.807, 2.05) is 37.4 Å². The Morgan fingerprint density at radius 1 is 1.26 bits per heavy atom. The van der Waals surface area contributed by atoms with Crippen LogP contribution < -0.4 is 4.90 Å². The Kier molecular flexibility index (Phi) is 4.99. The number of hydrogen-bond donors (Lipinski definition) is 1. The van der Waals surface area contributed by atoms with Crippen LogP contribution in [0.5, 0.6) is 5.75 Å². The molecule has 6 heteroatoms. The fraction of sp³-hybridized carbons (Fsp3) is 0.333. The number of piperidine rings is 1. The van der Waals surface area contributed by atoms with E-state index in [0.29, 0.717) is 13.1 Å². The second-order valence-corrected chi connectivity index (χ2v) is 8.08. The average Bonchev–Trinajstić information content (AvgIpc) is 3.13. The Hall–Kier alpha value is -2.60. The maximum atomic E-state index is 13.0. The minimum Gasteiger partial charge on any atom is -0.508 e. The van der Waals surface area contributed by atoms with E-state index < -0.39 is 0 Å². The molecule has 0 unspecified atom stereocenters. The number of hydrogen-bond acceptors (Lipinski definition) is 5. The number of para-hydroxylation sites is 2. The van der Waals surface area contributed by atoms with Gasteiger partial charge in [-0.1, -0.05) is 41.7 Å². The zero-order chi connectivity index (χ0) is 18.8. The number of phenolic OH excluding ortho intramolecular Hbond substituents is 1. The average molecular weight is 382 g/mol. The first-order chi connectivity index (χ1) is 13.1. The van der Waals surface area contributed by atoms with Gasteiger partial charge in [0.1, 0.15) is 5.75 Å². The lowest BCUT2D eigenvalue weighted by molar-refractivity contribution is -0.135. The molecule has 4 rings (SSSR count). The summed E-state index contributed by atoms with van der Waals surface area (Å²) in [4.78, 5) is 21.7. The van der Waals surface area contributed by atoms with Gasteiger partial charge in [-0.15, -0.1) is 0 Å². The summed E-state index contributed by atoms with van der Waals surface area (Å²) in [5.41, 5.74) is 1.79. The lowest BCUT2D eigenvalue weighted by Gasteiger charge is -2.33. The number of nitrogens with zero attached hydrogens (tertiary/aromatic N) is 3. The highest BCUT2D eigenvalue weighted by atomic mass is 32.1. The highest BCUT2D eigenvalue weighted by molar-refractivity contribution is 7.22. The van der Waals surface area contributed by atoms with Crippen LogP contribution in [-0.2, 0) is 11.3 Å². The summed E-state index contributed by atoms with van der Waals surface area (Å²) in [6.07, 6.45) is 1.88. The van der Waals surface area contributed by atoms with Gasteiger partial charge in [-0.05, 0) is 31.0 Å². The lowest BCUT2D eigenvalue weighted by atomic mass is 9.97. The number of thiazole rings is 1. The van der Waals surface area contributed by atoms with E-state index in [4.69, 9.17) is 4.98 Å². The summed E-state index contributed by atoms with van der Waals surface area (Å²) >= 11 is 1.69. The van der Waals surface area contributed by atoms with Gasteiger partial charge < -0.3 is 14.9 Å². The van der Waals surface area contributed by atoms with Gasteiger partial charge >= 0.3 is 0 Å². The lowest BCUT2D eigenvalue weighted by Crippen LogP contribution is -2.43. The molecule has 1 atom stereocenters. The Morgan fingerprint density at radius 3 is 2.85 bits per heavy atom. The summed E-state index contributed by atoms with van der Waals surface area (Å²) in [5, 5.41) is 11.0. The Bertz CT molecular complexity index is 922. The first-order valence-corrected chi connectivity index (χ1v) is 10.1. The molecule has 27 heavy (non-hydrogen) atoms. The topological polar surface area (TPSA) is 56.7 Å². The Balaban J connectivity index is 1.45. The highest BCUT2D eigenvalue weighted by Crippen LogP contribution is 2.32. The summed E-state index contributed by atoms with van der Waals surface area (Å²) in [6, 6.07) is 15.3. The number of aromatic nitrogens is 1. The number of benzene rings is 2. The molecule has 2 heterocycles. The van der Waals surface area contributed by atoms with Crippen LogP contribution in [0.25, 0.3) is 10.2 Å². The summed E-state index contributed by atoms with van der Waals surface area (Å²) in [5.74, 6) is 0.322. The Morgan fingerprint density at radius 2 is 2.04 bits per heavy atom. The van der Waals surface area contributed by atoms with Gasteiger partial charge in [0.2, 0.25) is 5.91 Å². The molecule has 0 spiro atoms. The first-order valence-electron chi connectivity index (χ1n) is 9.24. The third-order valence-corrected chi connectivity index (χ3v) is 6.20. The van der Waals surface area contributed by atoms with Crippen LogP contribution in [0.3, 0.4) is 0 Å². The third-order valence-electron chi connectivity index (χ3n) is 5.10. The van der Waals surface area contributed by atoms with Gasteiger partial charge in [-0.25, -0.2) is 4.98 Å².